The molecule has 3 rings (SSSR count). The number of ether oxygens (including phenoxy) is 1. The summed E-state index contributed by atoms with van der Waals surface area (Å²) in [6, 6.07) is 12.9. The molecule has 1 fully saturated rings. The van der Waals surface area contributed by atoms with E-state index in [2.05, 4.69) is 5.32 Å². The Hall–Kier alpha value is -2.89. The second kappa shape index (κ2) is 10.2. The molecule has 0 bridgehead atoms. The third-order valence-corrected chi connectivity index (χ3v) is 5.58. The first-order valence-corrected chi connectivity index (χ1v) is 10.5. The smallest absolute Gasteiger partial charge is 0.261 e. The van der Waals surface area contributed by atoms with Crippen LogP contribution in [0.4, 0.5) is 4.39 Å². The first-order chi connectivity index (χ1) is 14.4. The van der Waals surface area contributed by atoms with E-state index in [1.165, 1.54) is 17.0 Å². The normalized spacial score (nSPS) is 14.9. The van der Waals surface area contributed by atoms with Gasteiger partial charge in [0.1, 0.15) is 17.6 Å². The fraction of sp³-hybridized carbons (Fsp3) is 0.417. The van der Waals surface area contributed by atoms with E-state index in [0.717, 1.165) is 36.8 Å². The Bertz CT molecular complexity index is 863. The van der Waals surface area contributed by atoms with Crippen LogP contribution in [0.1, 0.15) is 43.7 Å². The second-order valence-electron chi connectivity index (χ2n) is 7.87. The van der Waals surface area contributed by atoms with Crippen molar-refractivity contribution in [1.29, 1.82) is 0 Å². The van der Waals surface area contributed by atoms with Crippen molar-refractivity contribution in [3.63, 3.8) is 0 Å². The summed E-state index contributed by atoms with van der Waals surface area (Å²) in [4.78, 5) is 27.3. The van der Waals surface area contributed by atoms with Crippen molar-refractivity contribution in [3.05, 3.63) is 65.5 Å². The lowest BCUT2D eigenvalue weighted by molar-refractivity contribution is -0.142. The van der Waals surface area contributed by atoms with Gasteiger partial charge in [-0.1, -0.05) is 43.2 Å². The predicted molar refractivity (Wildman–Crippen MR) is 113 cm³/mol. The molecule has 2 aromatic rings. The molecular formula is C24H29FN2O3. The molecule has 0 unspecified atom stereocenters. The fourth-order valence-corrected chi connectivity index (χ4v) is 3.70. The molecule has 6 heteroatoms. The number of carbonyl (C=O) groups excluding carboxylic acids is 2. The third-order valence-electron chi connectivity index (χ3n) is 5.58. The van der Waals surface area contributed by atoms with E-state index >= 15 is 0 Å². The number of aryl methyl sites for hydroxylation is 1. The van der Waals surface area contributed by atoms with Crippen LogP contribution in [-0.2, 0) is 16.1 Å². The molecule has 1 saturated carbocycles. The third kappa shape index (κ3) is 5.81. The summed E-state index contributed by atoms with van der Waals surface area (Å²) < 4.78 is 19.0. The molecule has 0 saturated heterocycles. The standard InChI is InChI=1S/C24H29FN2O3/c1-17-7-3-6-10-22(17)30-16-23(28)27(15-19-11-13-20(25)14-12-19)18(2)24(29)26-21-8-4-5-9-21/h3,6-7,10-14,18,21H,4-5,8-9,15-16H2,1-2H3,(H,26,29)/t18-/m1/s1. The minimum atomic E-state index is -0.663. The second-order valence-corrected chi connectivity index (χ2v) is 7.87. The highest BCUT2D eigenvalue weighted by Gasteiger charge is 2.28. The van der Waals surface area contributed by atoms with E-state index < -0.39 is 6.04 Å². The molecular weight excluding hydrogens is 383 g/mol. The zero-order valence-electron chi connectivity index (χ0n) is 17.6. The average molecular weight is 413 g/mol. The molecule has 1 atom stereocenters. The van der Waals surface area contributed by atoms with Crippen molar-refractivity contribution in [3.8, 4) is 5.75 Å². The van der Waals surface area contributed by atoms with Crippen LogP contribution in [0.3, 0.4) is 0 Å². The van der Waals surface area contributed by atoms with E-state index in [0.29, 0.717) is 5.75 Å². The van der Waals surface area contributed by atoms with Crippen molar-refractivity contribution < 1.29 is 18.7 Å². The molecule has 30 heavy (non-hydrogen) atoms. The van der Waals surface area contributed by atoms with E-state index in [4.69, 9.17) is 4.74 Å². The lowest BCUT2D eigenvalue weighted by Gasteiger charge is -2.29. The van der Waals surface area contributed by atoms with Crippen molar-refractivity contribution >= 4 is 11.8 Å². The minimum absolute atomic E-state index is 0.172. The quantitative estimate of drug-likeness (QED) is 0.713. The fourth-order valence-electron chi connectivity index (χ4n) is 3.70. The largest absolute Gasteiger partial charge is 0.484 e. The zero-order valence-corrected chi connectivity index (χ0v) is 17.6. The molecule has 2 aromatic carbocycles. The number of hydrogen-bond donors (Lipinski definition) is 1. The maximum atomic E-state index is 13.3. The monoisotopic (exact) mass is 412 g/mol. The lowest BCUT2D eigenvalue weighted by atomic mass is 10.1. The van der Waals surface area contributed by atoms with Gasteiger partial charge in [0, 0.05) is 12.6 Å². The first kappa shape index (κ1) is 21.8. The molecule has 0 radical (unpaired) electrons. The number of amides is 2. The van der Waals surface area contributed by atoms with Gasteiger partial charge in [0.2, 0.25) is 5.91 Å². The summed E-state index contributed by atoms with van der Waals surface area (Å²) in [6.07, 6.45) is 4.17. The highest BCUT2D eigenvalue weighted by molar-refractivity contribution is 5.88. The molecule has 0 heterocycles. The molecule has 0 aromatic heterocycles. The Balaban J connectivity index is 1.71. The van der Waals surface area contributed by atoms with Crippen LogP contribution >= 0.6 is 0 Å². The van der Waals surface area contributed by atoms with Gasteiger partial charge in [-0.15, -0.1) is 0 Å². The van der Waals surface area contributed by atoms with Crippen LogP contribution in [0.2, 0.25) is 0 Å². The molecule has 1 N–H and O–H groups in total. The van der Waals surface area contributed by atoms with Crippen LogP contribution in [0, 0.1) is 12.7 Å². The highest BCUT2D eigenvalue weighted by Crippen LogP contribution is 2.19. The molecule has 1 aliphatic carbocycles. The van der Waals surface area contributed by atoms with Crippen molar-refractivity contribution in [1.82, 2.24) is 10.2 Å². The zero-order chi connectivity index (χ0) is 21.5. The van der Waals surface area contributed by atoms with E-state index in [9.17, 15) is 14.0 Å². The number of hydrogen-bond acceptors (Lipinski definition) is 3. The maximum Gasteiger partial charge on any atom is 0.261 e. The summed E-state index contributed by atoms with van der Waals surface area (Å²) in [5.74, 6) is -0.174. The van der Waals surface area contributed by atoms with Crippen LogP contribution < -0.4 is 10.1 Å². The van der Waals surface area contributed by atoms with Gasteiger partial charge in [0.05, 0.1) is 0 Å². The van der Waals surface area contributed by atoms with Gasteiger partial charge in [0.25, 0.3) is 5.91 Å². The van der Waals surface area contributed by atoms with E-state index in [1.807, 2.05) is 31.2 Å². The first-order valence-electron chi connectivity index (χ1n) is 10.5. The SMILES string of the molecule is Cc1ccccc1OCC(=O)N(Cc1ccc(F)cc1)[C@H](C)C(=O)NC1CCCC1. The Labute approximate surface area is 177 Å². The molecule has 1 aliphatic rings. The van der Waals surface area contributed by atoms with Gasteiger partial charge >= 0.3 is 0 Å². The van der Waals surface area contributed by atoms with Gasteiger partial charge in [-0.25, -0.2) is 4.39 Å². The van der Waals surface area contributed by atoms with Gasteiger partial charge < -0.3 is 15.0 Å². The van der Waals surface area contributed by atoms with Crippen LogP contribution in [-0.4, -0.2) is 35.4 Å². The molecule has 160 valence electrons. The molecule has 2 amide bonds. The summed E-state index contributed by atoms with van der Waals surface area (Å²) in [5, 5.41) is 3.06. The average Bonchev–Trinajstić information content (AvgIpc) is 3.25. The molecule has 5 nitrogen and oxygen atoms in total. The maximum absolute atomic E-state index is 13.3. The van der Waals surface area contributed by atoms with Gasteiger partial charge in [0.15, 0.2) is 6.61 Å². The Morgan fingerprint density at radius 2 is 1.80 bits per heavy atom. The summed E-state index contributed by atoms with van der Waals surface area (Å²) >= 11 is 0. The number of carbonyl (C=O) groups is 2. The van der Waals surface area contributed by atoms with Gasteiger partial charge in [-0.2, -0.15) is 0 Å². The molecule has 0 aliphatic heterocycles. The van der Waals surface area contributed by atoms with E-state index in [1.54, 1.807) is 19.1 Å². The Morgan fingerprint density at radius 1 is 1.13 bits per heavy atom. The van der Waals surface area contributed by atoms with Crippen molar-refractivity contribution in [2.45, 2.75) is 58.2 Å². The number of nitrogens with zero attached hydrogens (tertiary/aromatic N) is 1. The number of benzene rings is 2. The predicted octanol–water partition coefficient (Wildman–Crippen LogP) is 3.99. The number of nitrogens with one attached hydrogen (secondary N) is 1. The number of halogens is 1. The van der Waals surface area contributed by atoms with Crippen molar-refractivity contribution in [2.75, 3.05) is 6.61 Å². The topological polar surface area (TPSA) is 58.6 Å². The minimum Gasteiger partial charge on any atom is -0.484 e. The van der Waals surface area contributed by atoms with Crippen LogP contribution in [0.15, 0.2) is 48.5 Å². The molecule has 0 spiro atoms. The Kier molecular flexibility index (Phi) is 7.44. The van der Waals surface area contributed by atoms with Gasteiger partial charge in [-0.05, 0) is 56.0 Å². The summed E-state index contributed by atoms with van der Waals surface area (Å²) in [6.45, 7) is 3.66. The Morgan fingerprint density at radius 3 is 2.47 bits per heavy atom. The summed E-state index contributed by atoms with van der Waals surface area (Å²) in [5.41, 5.74) is 1.68. The van der Waals surface area contributed by atoms with Crippen LogP contribution in [0.25, 0.3) is 0 Å². The van der Waals surface area contributed by atoms with E-state index in [-0.39, 0.29) is 36.8 Å². The van der Waals surface area contributed by atoms with Gasteiger partial charge in [-0.3, -0.25) is 9.59 Å². The summed E-state index contributed by atoms with van der Waals surface area (Å²) in [7, 11) is 0. The highest BCUT2D eigenvalue weighted by atomic mass is 19.1. The number of rotatable bonds is 8. The number of para-hydroxylation sites is 1. The van der Waals surface area contributed by atoms with Crippen molar-refractivity contribution in [2.24, 2.45) is 0 Å². The van der Waals surface area contributed by atoms with Crippen LogP contribution in [0.5, 0.6) is 5.75 Å². The lowest BCUT2D eigenvalue weighted by Crippen LogP contribution is -2.50.